The number of rotatable bonds is 4. The number of aliphatic hydroxyl groups excluding tert-OH is 1. The summed E-state index contributed by atoms with van der Waals surface area (Å²) in [6, 6.07) is 4.42. The topological polar surface area (TPSA) is 75.6 Å². The Morgan fingerprint density at radius 2 is 2.10 bits per heavy atom. The highest BCUT2D eigenvalue weighted by Gasteiger charge is 2.17. The number of ether oxygens (including phenoxy) is 1. The smallest absolute Gasteiger partial charge is 0.328 e. The number of carbonyl (C=O) groups excluding carboxylic acids is 2. The number of hydrogen-bond donors (Lipinski definition) is 2. The molecule has 1 unspecified atom stereocenters. The van der Waals surface area contributed by atoms with Crippen molar-refractivity contribution in [3.05, 3.63) is 34.9 Å². The standard InChI is InChI=1S/C16H19NO4/c1-4-21-16(20)12(3)17-15(19)14-9-11(2)8-13(10-14)6-5-7-18/h8-10,12,18H,4,7H2,1-3H3,(H,17,19). The van der Waals surface area contributed by atoms with Crippen LogP contribution in [0.1, 0.15) is 35.3 Å². The van der Waals surface area contributed by atoms with E-state index in [1.165, 1.54) is 0 Å². The van der Waals surface area contributed by atoms with Gasteiger partial charge in [0.15, 0.2) is 0 Å². The van der Waals surface area contributed by atoms with E-state index in [-0.39, 0.29) is 19.1 Å². The van der Waals surface area contributed by atoms with Crippen molar-refractivity contribution >= 4 is 11.9 Å². The summed E-state index contributed by atoms with van der Waals surface area (Å²) in [5.41, 5.74) is 1.92. The summed E-state index contributed by atoms with van der Waals surface area (Å²) in [4.78, 5) is 23.6. The molecule has 112 valence electrons. The highest BCUT2D eigenvalue weighted by atomic mass is 16.5. The lowest BCUT2D eigenvalue weighted by Gasteiger charge is -2.13. The fourth-order valence-corrected chi connectivity index (χ4v) is 1.73. The van der Waals surface area contributed by atoms with Crippen LogP contribution in [0.4, 0.5) is 0 Å². The Morgan fingerprint density at radius 1 is 1.38 bits per heavy atom. The quantitative estimate of drug-likeness (QED) is 0.641. The predicted molar refractivity (Wildman–Crippen MR) is 78.7 cm³/mol. The molecule has 21 heavy (non-hydrogen) atoms. The summed E-state index contributed by atoms with van der Waals surface area (Å²) in [6.07, 6.45) is 0. The van der Waals surface area contributed by atoms with Gasteiger partial charge in [-0.05, 0) is 44.5 Å². The molecule has 0 heterocycles. The highest BCUT2D eigenvalue weighted by Crippen LogP contribution is 2.09. The zero-order valence-electron chi connectivity index (χ0n) is 12.4. The fraction of sp³-hybridized carbons (Fsp3) is 0.375. The molecular formula is C16H19NO4. The number of hydrogen-bond acceptors (Lipinski definition) is 4. The van der Waals surface area contributed by atoms with Gasteiger partial charge in [-0.25, -0.2) is 4.79 Å². The van der Waals surface area contributed by atoms with Gasteiger partial charge in [-0.3, -0.25) is 4.79 Å². The normalized spacial score (nSPS) is 11.0. The van der Waals surface area contributed by atoms with Gasteiger partial charge in [-0.1, -0.05) is 11.8 Å². The molecule has 0 aliphatic heterocycles. The van der Waals surface area contributed by atoms with Crippen LogP contribution in [-0.4, -0.2) is 36.2 Å². The molecular weight excluding hydrogens is 270 g/mol. The van der Waals surface area contributed by atoms with Gasteiger partial charge in [0, 0.05) is 11.1 Å². The molecule has 1 atom stereocenters. The molecule has 0 aliphatic rings. The van der Waals surface area contributed by atoms with Crippen LogP contribution in [0, 0.1) is 18.8 Å². The zero-order chi connectivity index (χ0) is 15.8. The summed E-state index contributed by atoms with van der Waals surface area (Å²) in [7, 11) is 0. The minimum atomic E-state index is -0.718. The maximum Gasteiger partial charge on any atom is 0.328 e. The first-order valence-corrected chi connectivity index (χ1v) is 6.66. The Balaban J connectivity index is 2.87. The summed E-state index contributed by atoms with van der Waals surface area (Å²) in [5.74, 6) is 4.45. The molecule has 0 fully saturated rings. The molecule has 2 N–H and O–H groups in total. The van der Waals surface area contributed by atoms with Crippen LogP contribution in [0.15, 0.2) is 18.2 Å². The third-order valence-electron chi connectivity index (χ3n) is 2.64. The monoisotopic (exact) mass is 289 g/mol. The van der Waals surface area contributed by atoms with E-state index in [9.17, 15) is 9.59 Å². The van der Waals surface area contributed by atoms with Crippen LogP contribution in [0.3, 0.4) is 0 Å². The second-order valence-electron chi connectivity index (χ2n) is 4.49. The van der Waals surface area contributed by atoms with Gasteiger partial charge in [-0.15, -0.1) is 0 Å². The van der Waals surface area contributed by atoms with Gasteiger partial charge < -0.3 is 15.2 Å². The Morgan fingerprint density at radius 3 is 2.71 bits per heavy atom. The molecule has 0 saturated carbocycles. The van der Waals surface area contributed by atoms with Crippen molar-refractivity contribution in [1.82, 2.24) is 5.32 Å². The van der Waals surface area contributed by atoms with E-state index in [1.54, 1.807) is 26.0 Å². The molecule has 1 aromatic rings. The average Bonchev–Trinajstić information content (AvgIpc) is 2.44. The number of aryl methyl sites for hydroxylation is 1. The van der Waals surface area contributed by atoms with Crippen molar-refractivity contribution < 1.29 is 19.4 Å². The molecule has 0 spiro atoms. The first-order chi connectivity index (χ1) is 9.97. The van der Waals surface area contributed by atoms with Crippen LogP contribution < -0.4 is 5.32 Å². The maximum atomic E-state index is 12.1. The van der Waals surface area contributed by atoms with Crippen LogP contribution in [0.2, 0.25) is 0 Å². The Hall–Kier alpha value is -2.32. The van der Waals surface area contributed by atoms with Gasteiger partial charge in [0.2, 0.25) is 0 Å². The van der Waals surface area contributed by atoms with Crippen LogP contribution >= 0.6 is 0 Å². The van der Waals surface area contributed by atoms with Gasteiger partial charge >= 0.3 is 5.97 Å². The Kier molecular flexibility index (Phi) is 6.44. The number of esters is 1. The summed E-state index contributed by atoms with van der Waals surface area (Å²) >= 11 is 0. The number of nitrogens with one attached hydrogen (secondary N) is 1. The summed E-state index contributed by atoms with van der Waals surface area (Å²) < 4.78 is 4.84. The SMILES string of the molecule is CCOC(=O)C(C)NC(=O)c1cc(C)cc(C#CCO)c1. The van der Waals surface area contributed by atoms with E-state index >= 15 is 0 Å². The third kappa shape index (κ3) is 5.28. The molecule has 1 amide bonds. The summed E-state index contributed by atoms with van der Waals surface area (Å²) in [6.45, 7) is 5.15. The van der Waals surface area contributed by atoms with Crippen molar-refractivity contribution in [1.29, 1.82) is 0 Å². The lowest BCUT2D eigenvalue weighted by atomic mass is 10.1. The van der Waals surface area contributed by atoms with Gasteiger partial charge in [0.05, 0.1) is 6.61 Å². The highest BCUT2D eigenvalue weighted by molar-refractivity contribution is 5.97. The molecule has 1 rings (SSSR count). The van der Waals surface area contributed by atoms with Crippen LogP contribution in [0.5, 0.6) is 0 Å². The molecule has 0 aromatic heterocycles. The Bertz CT molecular complexity index is 584. The van der Waals surface area contributed by atoms with Gasteiger partial charge in [-0.2, -0.15) is 0 Å². The average molecular weight is 289 g/mol. The number of aliphatic hydroxyl groups is 1. The molecule has 0 bridgehead atoms. The van der Waals surface area contributed by atoms with E-state index in [2.05, 4.69) is 17.2 Å². The molecule has 0 aliphatic carbocycles. The Labute approximate surface area is 124 Å². The van der Waals surface area contributed by atoms with E-state index < -0.39 is 12.0 Å². The zero-order valence-corrected chi connectivity index (χ0v) is 12.4. The van der Waals surface area contributed by atoms with Crippen LogP contribution in [-0.2, 0) is 9.53 Å². The fourth-order valence-electron chi connectivity index (χ4n) is 1.73. The van der Waals surface area contributed by atoms with Gasteiger partial charge in [0.25, 0.3) is 5.91 Å². The second kappa shape index (κ2) is 8.08. The van der Waals surface area contributed by atoms with Crippen molar-refractivity contribution in [3.8, 4) is 11.8 Å². The van der Waals surface area contributed by atoms with Crippen LogP contribution in [0.25, 0.3) is 0 Å². The molecule has 1 aromatic carbocycles. The van der Waals surface area contributed by atoms with E-state index in [0.29, 0.717) is 11.1 Å². The minimum Gasteiger partial charge on any atom is -0.464 e. The second-order valence-corrected chi connectivity index (χ2v) is 4.49. The van der Waals surface area contributed by atoms with Crippen molar-refractivity contribution in [2.45, 2.75) is 26.8 Å². The lowest BCUT2D eigenvalue weighted by molar-refractivity contribution is -0.144. The first kappa shape index (κ1) is 16.7. The largest absolute Gasteiger partial charge is 0.464 e. The van der Waals surface area contributed by atoms with E-state index in [0.717, 1.165) is 5.56 Å². The molecule has 0 radical (unpaired) electrons. The molecule has 0 saturated heterocycles. The predicted octanol–water partition coefficient (Wildman–Crippen LogP) is 1.02. The number of carbonyl (C=O) groups is 2. The first-order valence-electron chi connectivity index (χ1n) is 6.66. The maximum absolute atomic E-state index is 12.1. The number of benzene rings is 1. The minimum absolute atomic E-state index is 0.241. The molecule has 5 heteroatoms. The van der Waals surface area contributed by atoms with Crippen molar-refractivity contribution in [2.24, 2.45) is 0 Å². The van der Waals surface area contributed by atoms with Crippen molar-refractivity contribution in [2.75, 3.05) is 13.2 Å². The van der Waals surface area contributed by atoms with E-state index in [1.807, 2.05) is 13.0 Å². The van der Waals surface area contributed by atoms with Gasteiger partial charge in [0.1, 0.15) is 12.6 Å². The lowest BCUT2D eigenvalue weighted by Crippen LogP contribution is -2.39. The summed E-state index contributed by atoms with van der Waals surface area (Å²) in [5, 5.41) is 11.3. The third-order valence-corrected chi connectivity index (χ3v) is 2.64. The number of amides is 1. The van der Waals surface area contributed by atoms with E-state index in [4.69, 9.17) is 9.84 Å². The van der Waals surface area contributed by atoms with Crippen molar-refractivity contribution in [3.63, 3.8) is 0 Å². The molecule has 5 nitrogen and oxygen atoms in total.